The van der Waals surface area contributed by atoms with Crippen molar-refractivity contribution in [1.29, 1.82) is 5.41 Å². The monoisotopic (exact) mass is 1750 g/mol. The Morgan fingerprint density at radius 1 is 0.484 bits per heavy atom. The van der Waals surface area contributed by atoms with E-state index in [1.54, 1.807) is 74.5 Å². The van der Waals surface area contributed by atoms with Gasteiger partial charge in [-0.3, -0.25) is 67.7 Å². The number of hydrogen-bond donors (Lipinski definition) is 23. The smallest absolute Gasteiger partial charge is 0.354 e. The molecule has 678 valence electrons. The summed E-state index contributed by atoms with van der Waals surface area (Å²) in [6.07, 6.45) is 6.70. The van der Waals surface area contributed by atoms with Crippen molar-refractivity contribution in [3.05, 3.63) is 156 Å². The van der Waals surface area contributed by atoms with Gasteiger partial charge in [-0.2, -0.15) is 0 Å². The number of aryl methyl sites for hydroxylation is 1. The molecule has 2 aliphatic heterocycles. The van der Waals surface area contributed by atoms with Crippen molar-refractivity contribution < 1.29 is 102 Å². The van der Waals surface area contributed by atoms with Crippen LogP contribution in [0.25, 0.3) is 0 Å². The first kappa shape index (κ1) is 97.3. The maximum atomic E-state index is 15.0. The van der Waals surface area contributed by atoms with E-state index in [0.29, 0.717) is 22.4 Å². The number of aliphatic carboxylic acids is 1. The van der Waals surface area contributed by atoms with Gasteiger partial charge in [-0.15, -0.1) is 0 Å². The van der Waals surface area contributed by atoms with E-state index in [0.717, 1.165) is 4.90 Å². The first-order chi connectivity index (χ1) is 60.2. The van der Waals surface area contributed by atoms with Gasteiger partial charge in [0, 0.05) is 76.7 Å². The van der Waals surface area contributed by atoms with Gasteiger partial charge in [0.1, 0.15) is 83.9 Å². The minimum atomic E-state index is -1.79. The number of nitrogens with zero attached hydrogens (tertiary/aromatic N) is 6. The number of aliphatic hydroxyl groups is 2. The number of carboxylic acid groups (broad SMARTS) is 3. The summed E-state index contributed by atoms with van der Waals surface area (Å²) in [5, 5.41) is 86.1. The standard InChI is InChI=1S/C81H108N24O21/c1-3-43(2)65(75(118)98-53(28-44-14-6-4-7-15-44)69(112)95-52(23-24-64(83)108)68(111)94-51(20-11-25-89-81(84)85)67(110)97-55(33-48-36-87-41-91-48)71(114)101-60(38-106)72(115)100-59(80(125)126)34-49-37-88-42-92-49)103-74(117)63-22-13-27-105(63)77(120)61(39-107)102-73(116)62-21-12-26-104(62)76(119)56(29-45-16-8-5-9-17-45)99-70(113)54(32-47-35-86-40-90-47)96-66(109)50(82)19-10-18-46-30-57(78(121)122)93-58(31-46)79(123)124/h4-9,14-17,30-31,35-37,40-43,50-56,59-63,65,106-107H,3,10-13,18-29,32-34,38-39,82H2,1-2H3,(H2,83,108)(H,86,90)(H,87,91)(H,88,92)(H,94,111)(H,95,112)(H,96,109)(H,97,110)(H,98,118)(H,99,113)(H,100,115)(H,101,114)(H,102,116)(H,103,117)(H,121,122)(H,123,124)(H,125,126)(H4,84,85,89)/t43-,50-,51-,52-,53-,54-,55-,56-,59-,60-,61-,62-,63-,65-/m0/s1. The molecule has 4 aromatic heterocycles. The molecule has 45 heteroatoms. The lowest BCUT2D eigenvalue weighted by Crippen LogP contribution is -2.62. The summed E-state index contributed by atoms with van der Waals surface area (Å²) < 4.78 is 0. The average Bonchev–Trinajstić information content (AvgIpc) is 1.63. The van der Waals surface area contributed by atoms with Crippen LogP contribution in [0.2, 0.25) is 0 Å². The average molecular weight is 1750 g/mol. The lowest BCUT2D eigenvalue weighted by Gasteiger charge is -2.32. The Morgan fingerprint density at radius 3 is 1.36 bits per heavy atom. The van der Waals surface area contributed by atoms with Crippen LogP contribution < -0.4 is 75.7 Å². The van der Waals surface area contributed by atoms with Gasteiger partial charge in [-0.25, -0.2) is 34.3 Å². The zero-order valence-electron chi connectivity index (χ0n) is 69.2. The number of nitrogens with two attached hydrogens (primary N) is 3. The third-order valence-corrected chi connectivity index (χ3v) is 21.3. The Balaban J connectivity index is 0.945. The fraction of sp³-hybridized carbons (Fsp3) is 0.469. The summed E-state index contributed by atoms with van der Waals surface area (Å²) >= 11 is 0. The summed E-state index contributed by atoms with van der Waals surface area (Å²) in [4.78, 5) is 249. The van der Waals surface area contributed by atoms with E-state index >= 15 is 4.79 Å². The molecule has 6 heterocycles. The number of benzene rings is 2. The molecule has 45 nitrogen and oxygen atoms in total. The number of aromatic nitrogens is 7. The Bertz CT molecular complexity index is 4720. The molecule has 6 aromatic rings. The van der Waals surface area contributed by atoms with Crippen molar-refractivity contribution in [1.82, 2.24) is 103 Å². The molecule has 2 aliphatic rings. The first-order valence-corrected chi connectivity index (χ1v) is 40.9. The molecule has 0 saturated carbocycles. The van der Waals surface area contributed by atoms with Crippen molar-refractivity contribution in [3.8, 4) is 0 Å². The largest absolute Gasteiger partial charge is 0.480 e. The zero-order chi connectivity index (χ0) is 91.7. The summed E-state index contributed by atoms with van der Waals surface area (Å²) in [5.74, 6) is -17.7. The van der Waals surface area contributed by atoms with Gasteiger partial charge in [0.05, 0.1) is 55.3 Å². The van der Waals surface area contributed by atoms with Gasteiger partial charge in [0.15, 0.2) is 5.96 Å². The second-order valence-electron chi connectivity index (χ2n) is 30.5. The van der Waals surface area contributed by atoms with E-state index in [1.807, 2.05) is 0 Å². The van der Waals surface area contributed by atoms with E-state index in [2.05, 4.69) is 93.4 Å². The molecule has 0 bridgehead atoms. The highest BCUT2D eigenvalue weighted by Crippen LogP contribution is 2.24. The van der Waals surface area contributed by atoms with E-state index in [4.69, 9.17) is 22.6 Å². The predicted octanol–water partition coefficient (Wildman–Crippen LogP) is -5.02. The normalized spacial score (nSPS) is 16.4. The lowest BCUT2D eigenvalue weighted by atomic mass is 9.96. The number of aliphatic hydroxyl groups excluding tert-OH is 2. The second-order valence-corrected chi connectivity index (χ2v) is 30.5. The van der Waals surface area contributed by atoms with Crippen molar-refractivity contribution in [2.24, 2.45) is 23.1 Å². The topological polar surface area (TPSA) is 714 Å². The van der Waals surface area contributed by atoms with E-state index < -0.39 is 223 Å². The fourth-order valence-electron chi connectivity index (χ4n) is 14.3. The Kier molecular flexibility index (Phi) is 37.1. The molecule has 126 heavy (non-hydrogen) atoms. The fourth-order valence-corrected chi connectivity index (χ4v) is 14.3. The highest BCUT2D eigenvalue weighted by atomic mass is 16.4. The molecule has 2 saturated heterocycles. The maximum Gasteiger partial charge on any atom is 0.354 e. The number of carboxylic acids is 3. The number of carbonyl (C=O) groups is 16. The molecule has 2 fully saturated rings. The zero-order valence-corrected chi connectivity index (χ0v) is 69.2. The molecule has 0 aliphatic carbocycles. The van der Waals surface area contributed by atoms with Gasteiger partial charge < -0.3 is 126 Å². The third kappa shape index (κ3) is 29.3. The number of nitrogens with one attached hydrogen (secondary N) is 15. The number of pyridine rings is 1. The molecule has 13 amide bonds. The van der Waals surface area contributed by atoms with Crippen LogP contribution in [-0.2, 0) is 106 Å². The van der Waals surface area contributed by atoms with Gasteiger partial charge in [-0.05, 0) is 98.9 Å². The van der Waals surface area contributed by atoms with Crippen molar-refractivity contribution in [2.75, 3.05) is 32.8 Å². The van der Waals surface area contributed by atoms with Crippen LogP contribution in [0.4, 0.5) is 0 Å². The van der Waals surface area contributed by atoms with Crippen LogP contribution in [-0.4, -0.2) is 282 Å². The van der Waals surface area contributed by atoms with E-state index in [-0.39, 0.29) is 127 Å². The molecule has 0 unspecified atom stereocenters. The highest BCUT2D eigenvalue weighted by molar-refractivity contribution is 6.01. The SMILES string of the molecule is CC[C@H](C)[C@H](NC(=O)[C@@H]1CCCN1C(=O)[C@H](CO)NC(=O)[C@@H]1CCCN1C(=O)[C@H](Cc1ccccc1)NC(=O)[C@H](Cc1c[nH]cn1)NC(=O)[C@@H](N)CCCc1cc(C(=O)O)nc(C(=O)O)c1)C(=O)N[C@@H](Cc1ccccc1)C(=O)N[C@@H](CCC(N)=O)C(=O)N[C@@H](CCCNC(=N)N)C(=O)N[C@@H](Cc1c[nH]cn1)C(=O)N[C@@H](CO)C(=O)N[C@@H](Cc1c[nH]cn1)C(=O)O. The highest BCUT2D eigenvalue weighted by Gasteiger charge is 2.44. The molecule has 14 atom stereocenters. The number of H-pyrrole nitrogens is 3. The molecule has 26 N–H and O–H groups in total. The number of carbonyl (C=O) groups excluding carboxylic acids is 13. The number of amides is 13. The van der Waals surface area contributed by atoms with Crippen LogP contribution in [0.15, 0.2) is 110 Å². The molecule has 0 spiro atoms. The third-order valence-electron chi connectivity index (χ3n) is 21.3. The van der Waals surface area contributed by atoms with Gasteiger partial charge in [0.2, 0.25) is 76.8 Å². The Hall–Kier alpha value is -14.1. The molecule has 2 aromatic carbocycles. The number of imidazole rings is 3. The van der Waals surface area contributed by atoms with Crippen LogP contribution >= 0.6 is 0 Å². The number of primary amides is 1. The van der Waals surface area contributed by atoms with E-state index in [9.17, 15) is 97.5 Å². The number of aromatic amines is 3. The first-order valence-electron chi connectivity index (χ1n) is 40.9. The number of rotatable bonds is 50. The van der Waals surface area contributed by atoms with Gasteiger partial charge in [-0.1, -0.05) is 80.9 Å². The van der Waals surface area contributed by atoms with Crippen LogP contribution in [0.1, 0.15) is 139 Å². The number of hydrogen-bond acceptors (Lipinski definition) is 24. The minimum absolute atomic E-state index is 0.000118. The van der Waals surface area contributed by atoms with Crippen LogP contribution in [0.5, 0.6) is 0 Å². The minimum Gasteiger partial charge on any atom is -0.480 e. The molecular formula is C81H108N24O21. The summed E-state index contributed by atoms with van der Waals surface area (Å²) in [6.45, 7) is 1.19. The predicted molar refractivity (Wildman–Crippen MR) is 444 cm³/mol. The number of guanidine groups is 1. The van der Waals surface area contributed by atoms with Gasteiger partial charge >= 0.3 is 17.9 Å². The number of aromatic carboxylic acids is 2. The second kappa shape index (κ2) is 48.1. The van der Waals surface area contributed by atoms with Gasteiger partial charge in [0.25, 0.3) is 0 Å². The van der Waals surface area contributed by atoms with Crippen molar-refractivity contribution in [2.45, 2.75) is 202 Å². The Labute approximate surface area is 721 Å². The van der Waals surface area contributed by atoms with Crippen LogP contribution in [0, 0.1) is 11.3 Å². The molecular weight excluding hydrogens is 1650 g/mol. The quantitative estimate of drug-likeness (QED) is 0.00966. The molecule has 0 radical (unpaired) electrons. The number of likely N-dealkylation sites (tertiary alicyclic amines) is 2. The van der Waals surface area contributed by atoms with Crippen molar-refractivity contribution in [3.63, 3.8) is 0 Å². The lowest BCUT2D eigenvalue weighted by molar-refractivity contribution is -0.145. The van der Waals surface area contributed by atoms with E-state index in [1.165, 1.54) is 54.6 Å². The molecule has 8 rings (SSSR count). The Morgan fingerprint density at radius 2 is 0.897 bits per heavy atom. The summed E-state index contributed by atoms with van der Waals surface area (Å²) in [6, 6.07) is -0.514. The van der Waals surface area contributed by atoms with Crippen LogP contribution in [0.3, 0.4) is 0 Å². The summed E-state index contributed by atoms with van der Waals surface area (Å²) in [7, 11) is 0. The van der Waals surface area contributed by atoms with Crippen molar-refractivity contribution >= 4 is 101 Å². The summed E-state index contributed by atoms with van der Waals surface area (Å²) in [5.41, 5.74) is 18.6. The maximum absolute atomic E-state index is 15.0.